The van der Waals surface area contributed by atoms with Gasteiger partial charge in [-0.3, -0.25) is 18.9 Å². The van der Waals surface area contributed by atoms with Crippen LogP contribution in [0.3, 0.4) is 0 Å². The number of carbonyl (C=O) groups is 1. The molecule has 0 spiro atoms. The van der Waals surface area contributed by atoms with Crippen molar-refractivity contribution < 1.29 is 9.53 Å². The average molecular weight is 536 g/mol. The zero-order chi connectivity index (χ0) is 26.3. The number of nitrogens with zero attached hydrogens (tertiary/aromatic N) is 5. The number of ether oxygens (including phenoxy) is 1. The summed E-state index contributed by atoms with van der Waals surface area (Å²) in [4.78, 5) is 38.2. The summed E-state index contributed by atoms with van der Waals surface area (Å²) < 4.78 is 7.61. The van der Waals surface area contributed by atoms with Gasteiger partial charge in [0.1, 0.15) is 21.5 Å². The first-order chi connectivity index (χ1) is 17.8. The predicted molar refractivity (Wildman–Crippen MR) is 154 cm³/mol. The molecule has 4 heterocycles. The number of methoxy groups -OCH3 is 1. The van der Waals surface area contributed by atoms with Crippen LogP contribution in [0.15, 0.2) is 52.3 Å². The largest absolute Gasteiger partial charge is 0.495 e. The molecule has 0 atom stereocenters. The van der Waals surface area contributed by atoms with Crippen LogP contribution < -0.4 is 20.1 Å². The fraction of sp³-hybridized carbons (Fsp3) is 0.333. The Kier molecular flexibility index (Phi) is 6.96. The first kappa shape index (κ1) is 25.3. The molecule has 2 fully saturated rings. The molecule has 2 saturated heterocycles. The molecule has 192 valence electrons. The van der Waals surface area contributed by atoms with Gasteiger partial charge < -0.3 is 14.5 Å². The number of rotatable bonds is 5. The molecule has 0 aliphatic carbocycles. The molecule has 5 rings (SSSR count). The van der Waals surface area contributed by atoms with Crippen LogP contribution in [0.5, 0.6) is 5.75 Å². The second kappa shape index (κ2) is 10.2. The number of aryl methyl sites for hydroxylation is 1. The van der Waals surface area contributed by atoms with Crippen molar-refractivity contribution in [1.29, 1.82) is 0 Å². The maximum atomic E-state index is 13.8. The molecule has 0 bridgehead atoms. The van der Waals surface area contributed by atoms with Crippen molar-refractivity contribution in [3.63, 3.8) is 0 Å². The normalized spacial score (nSPS) is 17.5. The van der Waals surface area contributed by atoms with E-state index >= 15 is 0 Å². The minimum Gasteiger partial charge on any atom is -0.495 e. The van der Waals surface area contributed by atoms with Gasteiger partial charge in [-0.15, -0.1) is 0 Å². The molecule has 3 aromatic rings. The van der Waals surface area contributed by atoms with E-state index in [0.717, 1.165) is 30.1 Å². The number of amides is 1. The van der Waals surface area contributed by atoms with Gasteiger partial charge in [0.15, 0.2) is 0 Å². The van der Waals surface area contributed by atoms with Crippen molar-refractivity contribution >= 4 is 57.4 Å². The van der Waals surface area contributed by atoms with Gasteiger partial charge in [0.05, 0.1) is 23.3 Å². The van der Waals surface area contributed by atoms with E-state index in [1.807, 2.05) is 51.1 Å². The molecule has 2 aromatic heterocycles. The molecule has 1 amide bonds. The Bertz CT molecular complexity index is 1470. The van der Waals surface area contributed by atoms with Gasteiger partial charge in [-0.2, -0.15) is 0 Å². The summed E-state index contributed by atoms with van der Waals surface area (Å²) in [6.07, 6.45) is 3.46. The molecule has 2 aliphatic heterocycles. The van der Waals surface area contributed by atoms with Crippen LogP contribution in [0.2, 0.25) is 0 Å². The number of thioether (sulfide) groups is 1. The average Bonchev–Trinajstić information content (AvgIpc) is 3.18. The number of hydrogen-bond acceptors (Lipinski definition) is 8. The number of fused-ring (bicyclic) bond motifs is 1. The Morgan fingerprint density at radius 2 is 1.76 bits per heavy atom. The summed E-state index contributed by atoms with van der Waals surface area (Å²) in [5.41, 5.74) is 2.77. The van der Waals surface area contributed by atoms with E-state index in [-0.39, 0.29) is 17.5 Å². The van der Waals surface area contributed by atoms with E-state index < -0.39 is 0 Å². The van der Waals surface area contributed by atoms with Crippen molar-refractivity contribution in [2.75, 3.05) is 43.1 Å². The van der Waals surface area contributed by atoms with E-state index in [0.29, 0.717) is 39.3 Å². The number of thiocarbonyl (C=S) groups is 1. The quantitative estimate of drug-likeness (QED) is 0.359. The van der Waals surface area contributed by atoms with Crippen LogP contribution in [-0.4, -0.2) is 63.8 Å². The number of piperazine rings is 1. The maximum Gasteiger partial charge on any atom is 0.267 e. The van der Waals surface area contributed by atoms with Gasteiger partial charge in [-0.1, -0.05) is 42.2 Å². The summed E-state index contributed by atoms with van der Waals surface area (Å²) in [6, 6.07) is 11.7. The Morgan fingerprint density at radius 3 is 2.43 bits per heavy atom. The number of hydrogen-bond donors (Lipinski definition) is 0. The standard InChI is InChI=1S/C27H29N5O3S2/c1-17(2)32-26(34)22(37-27(32)36)15-19-24(28-23-10-9-18(3)16-31(23)25(19)33)30-13-11-29(12-14-30)20-7-5-6-8-21(20)35-4/h5-10,15-17H,11-14H2,1-4H3/b22-15-. The minimum atomic E-state index is -0.203. The van der Waals surface area contributed by atoms with Crippen LogP contribution in [0, 0.1) is 6.92 Å². The summed E-state index contributed by atoms with van der Waals surface area (Å²) in [6.45, 7) is 8.60. The van der Waals surface area contributed by atoms with Gasteiger partial charge in [-0.05, 0) is 50.6 Å². The van der Waals surface area contributed by atoms with Crippen LogP contribution in [0.25, 0.3) is 11.7 Å². The van der Waals surface area contributed by atoms with Crippen molar-refractivity contribution in [1.82, 2.24) is 14.3 Å². The topological polar surface area (TPSA) is 70.4 Å². The highest BCUT2D eigenvalue weighted by Crippen LogP contribution is 2.35. The first-order valence-electron chi connectivity index (χ1n) is 12.2. The van der Waals surface area contributed by atoms with Crippen LogP contribution >= 0.6 is 24.0 Å². The lowest BCUT2D eigenvalue weighted by Crippen LogP contribution is -2.47. The lowest BCUT2D eigenvalue weighted by Gasteiger charge is -2.37. The number of carbonyl (C=O) groups excluding carboxylic acids is 1. The molecular weight excluding hydrogens is 506 g/mol. The molecule has 37 heavy (non-hydrogen) atoms. The molecule has 0 saturated carbocycles. The monoisotopic (exact) mass is 535 g/mol. The van der Waals surface area contributed by atoms with E-state index in [9.17, 15) is 9.59 Å². The highest BCUT2D eigenvalue weighted by molar-refractivity contribution is 8.26. The summed E-state index contributed by atoms with van der Waals surface area (Å²) in [5.74, 6) is 1.25. The lowest BCUT2D eigenvalue weighted by atomic mass is 10.2. The second-order valence-electron chi connectivity index (χ2n) is 9.38. The van der Waals surface area contributed by atoms with Gasteiger partial charge >= 0.3 is 0 Å². The number of pyridine rings is 1. The molecular formula is C27H29N5O3S2. The lowest BCUT2D eigenvalue weighted by molar-refractivity contribution is -0.123. The van der Waals surface area contributed by atoms with Crippen LogP contribution in [-0.2, 0) is 4.79 Å². The summed E-state index contributed by atoms with van der Waals surface area (Å²) in [7, 11) is 1.68. The van der Waals surface area contributed by atoms with Crippen molar-refractivity contribution in [2.24, 2.45) is 0 Å². The maximum absolute atomic E-state index is 13.8. The summed E-state index contributed by atoms with van der Waals surface area (Å²) in [5, 5.41) is 0. The highest BCUT2D eigenvalue weighted by Gasteiger charge is 2.34. The number of anilines is 2. The van der Waals surface area contributed by atoms with Crippen molar-refractivity contribution in [3.8, 4) is 5.75 Å². The minimum absolute atomic E-state index is 0.0561. The van der Waals surface area contributed by atoms with Gasteiger partial charge in [-0.25, -0.2) is 4.98 Å². The van der Waals surface area contributed by atoms with Gasteiger partial charge in [0.25, 0.3) is 11.5 Å². The van der Waals surface area contributed by atoms with Crippen LogP contribution in [0.1, 0.15) is 25.0 Å². The molecule has 0 radical (unpaired) electrons. The van der Waals surface area contributed by atoms with E-state index in [4.69, 9.17) is 21.9 Å². The molecule has 10 heteroatoms. The zero-order valence-corrected chi connectivity index (χ0v) is 22.9. The highest BCUT2D eigenvalue weighted by atomic mass is 32.2. The second-order valence-corrected chi connectivity index (χ2v) is 11.1. The Balaban J connectivity index is 1.54. The third-order valence-electron chi connectivity index (χ3n) is 6.61. The van der Waals surface area contributed by atoms with Gasteiger partial charge in [0, 0.05) is 38.4 Å². The van der Waals surface area contributed by atoms with E-state index in [1.165, 1.54) is 11.8 Å². The van der Waals surface area contributed by atoms with Gasteiger partial charge in [0.2, 0.25) is 0 Å². The smallest absolute Gasteiger partial charge is 0.267 e. The number of aromatic nitrogens is 2. The summed E-state index contributed by atoms with van der Waals surface area (Å²) >= 11 is 6.69. The predicted octanol–water partition coefficient (Wildman–Crippen LogP) is 3.95. The molecule has 0 unspecified atom stereocenters. The van der Waals surface area contributed by atoms with E-state index in [1.54, 1.807) is 28.7 Å². The first-order valence-corrected chi connectivity index (χ1v) is 13.4. The molecule has 0 N–H and O–H groups in total. The zero-order valence-electron chi connectivity index (χ0n) is 21.3. The Hall–Kier alpha value is -3.37. The van der Waals surface area contributed by atoms with Crippen molar-refractivity contribution in [2.45, 2.75) is 26.8 Å². The van der Waals surface area contributed by atoms with Crippen molar-refractivity contribution in [3.05, 3.63) is 69.0 Å². The molecule has 8 nitrogen and oxygen atoms in total. The van der Waals surface area contributed by atoms with Crippen LogP contribution in [0.4, 0.5) is 11.5 Å². The van der Waals surface area contributed by atoms with E-state index in [2.05, 4.69) is 15.9 Å². The molecule has 2 aliphatic rings. The third-order valence-corrected chi connectivity index (χ3v) is 7.94. The molecule has 1 aromatic carbocycles. The fourth-order valence-corrected chi connectivity index (χ4v) is 6.23. The SMILES string of the molecule is COc1ccccc1N1CCN(c2nc3ccc(C)cn3c(=O)c2/C=C2\SC(=S)N(C(C)C)C2=O)CC1. The Morgan fingerprint density at radius 1 is 1.05 bits per heavy atom. The number of para-hydroxylation sites is 2. The third kappa shape index (κ3) is 4.71. The Labute approximate surface area is 225 Å². The fourth-order valence-electron chi connectivity index (χ4n) is 4.72. The number of benzene rings is 1.